The zero-order valence-corrected chi connectivity index (χ0v) is 20.5. The number of aliphatic imine (C=N–C) groups is 1. The number of hydrogen-bond donors (Lipinski definition) is 3. The highest BCUT2D eigenvalue weighted by molar-refractivity contribution is 14.0. The number of carbonyl (C=O) groups is 1. The fraction of sp³-hybridized carbons (Fsp3) is 0.636. The Kier molecular flexibility index (Phi) is 12.9. The second kappa shape index (κ2) is 14.6. The molecule has 1 aliphatic rings. The Hall–Kier alpha value is -1.35. The van der Waals surface area contributed by atoms with E-state index < -0.39 is 0 Å². The Labute approximate surface area is 193 Å². The SMILES string of the molecule is CCCNC(=O)c1cccc(CNC(=NC)NCCCN2CCC(C)CC2)c1.I. The van der Waals surface area contributed by atoms with E-state index in [0.717, 1.165) is 43.4 Å². The second-order valence-electron chi connectivity index (χ2n) is 7.69. The molecule has 164 valence electrons. The van der Waals surface area contributed by atoms with Crippen LogP contribution in [0.2, 0.25) is 0 Å². The minimum atomic E-state index is -0.0155. The van der Waals surface area contributed by atoms with Gasteiger partial charge in [-0.15, -0.1) is 24.0 Å². The number of amides is 1. The van der Waals surface area contributed by atoms with E-state index in [9.17, 15) is 4.79 Å². The quantitative estimate of drug-likeness (QED) is 0.205. The van der Waals surface area contributed by atoms with Gasteiger partial charge in [0.25, 0.3) is 5.91 Å². The van der Waals surface area contributed by atoms with Gasteiger partial charge in [0.2, 0.25) is 0 Å². The van der Waals surface area contributed by atoms with Crippen LogP contribution in [-0.2, 0) is 6.54 Å². The van der Waals surface area contributed by atoms with Crippen LogP contribution in [-0.4, -0.2) is 56.5 Å². The number of rotatable bonds is 9. The minimum Gasteiger partial charge on any atom is -0.356 e. The Morgan fingerprint density at radius 3 is 2.62 bits per heavy atom. The van der Waals surface area contributed by atoms with Crippen molar-refractivity contribution in [1.82, 2.24) is 20.9 Å². The first kappa shape index (κ1) is 25.7. The lowest BCUT2D eigenvalue weighted by Crippen LogP contribution is -2.39. The molecule has 0 unspecified atom stereocenters. The third-order valence-electron chi connectivity index (χ3n) is 5.23. The highest BCUT2D eigenvalue weighted by Gasteiger charge is 2.14. The van der Waals surface area contributed by atoms with Gasteiger partial charge in [-0.3, -0.25) is 9.79 Å². The maximum absolute atomic E-state index is 12.1. The van der Waals surface area contributed by atoms with Crippen molar-refractivity contribution in [3.63, 3.8) is 0 Å². The molecule has 2 rings (SSSR count). The number of likely N-dealkylation sites (tertiary alicyclic amines) is 1. The average molecular weight is 515 g/mol. The molecule has 1 amide bonds. The summed E-state index contributed by atoms with van der Waals surface area (Å²) in [6.07, 6.45) is 4.70. The van der Waals surface area contributed by atoms with E-state index >= 15 is 0 Å². The maximum Gasteiger partial charge on any atom is 0.251 e. The molecule has 0 bridgehead atoms. The lowest BCUT2D eigenvalue weighted by molar-refractivity contribution is 0.0953. The summed E-state index contributed by atoms with van der Waals surface area (Å²) in [4.78, 5) is 19.0. The van der Waals surface area contributed by atoms with Crippen molar-refractivity contribution in [2.24, 2.45) is 10.9 Å². The highest BCUT2D eigenvalue weighted by atomic mass is 127. The monoisotopic (exact) mass is 515 g/mol. The van der Waals surface area contributed by atoms with Crippen LogP contribution < -0.4 is 16.0 Å². The predicted octanol–water partition coefficient (Wildman–Crippen LogP) is 3.23. The summed E-state index contributed by atoms with van der Waals surface area (Å²) < 4.78 is 0. The molecular weight excluding hydrogens is 477 g/mol. The molecule has 0 aliphatic carbocycles. The fourth-order valence-electron chi connectivity index (χ4n) is 3.36. The van der Waals surface area contributed by atoms with E-state index in [0.29, 0.717) is 18.7 Å². The summed E-state index contributed by atoms with van der Waals surface area (Å²) in [5.41, 5.74) is 1.76. The van der Waals surface area contributed by atoms with Crippen LogP contribution in [0.4, 0.5) is 0 Å². The zero-order valence-electron chi connectivity index (χ0n) is 18.2. The number of guanidine groups is 1. The molecule has 29 heavy (non-hydrogen) atoms. The molecule has 0 atom stereocenters. The second-order valence-corrected chi connectivity index (χ2v) is 7.69. The normalized spacial score (nSPS) is 15.5. The summed E-state index contributed by atoms with van der Waals surface area (Å²) in [5.74, 6) is 1.67. The number of halogens is 1. The predicted molar refractivity (Wildman–Crippen MR) is 132 cm³/mol. The first-order valence-electron chi connectivity index (χ1n) is 10.7. The number of benzene rings is 1. The van der Waals surface area contributed by atoms with Crippen LogP contribution in [0, 0.1) is 5.92 Å². The van der Waals surface area contributed by atoms with Crippen molar-refractivity contribution in [3.8, 4) is 0 Å². The van der Waals surface area contributed by atoms with Gasteiger partial charge in [0.05, 0.1) is 0 Å². The average Bonchev–Trinajstić information content (AvgIpc) is 2.73. The molecule has 1 saturated heterocycles. The largest absolute Gasteiger partial charge is 0.356 e. The molecule has 1 aromatic rings. The van der Waals surface area contributed by atoms with Gasteiger partial charge < -0.3 is 20.9 Å². The van der Waals surface area contributed by atoms with Crippen LogP contribution in [0.25, 0.3) is 0 Å². The summed E-state index contributed by atoms with van der Waals surface area (Å²) in [6, 6.07) is 7.73. The molecule has 0 spiro atoms. The van der Waals surface area contributed by atoms with E-state index in [1.807, 2.05) is 31.2 Å². The number of nitrogens with zero attached hydrogens (tertiary/aromatic N) is 2. The van der Waals surface area contributed by atoms with Crippen molar-refractivity contribution >= 4 is 35.8 Å². The van der Waals surface area contributed by atoms with Gasteiger partial charge in [0.15, 0.2) is 5.96 Å². The van der Waals surface area contributed by atoms with Crippen molar-refractivity contribution < 1.29 is 4.79 Å². The van der Waals surface area contributed by atoms with E-state index in [1.54, 1.807) is 7.05 Å². The van der Waals surface area contributed by atoms with Gasteiger partial charge >= 0.3 is 0 Å². The van der Waals surface area contributed by atoms with Crippen LogP contribution >= 0.6 is 24.0 Å². The molecule has 7 heteroatoms. The molecule has 0 radical (unpaired) electrons. The Morgan fingerprint density at radius 2 is 1.93 bits per heavy atom. The molecule has 0 aromatic heterocycles. The van der Waals surface area contributed by atoms with Gasteiger partial charge in [0.1, 0.15) is 0 Å². The molecule has 1 aromatic carbocycles. The first-order chi connectivity index (χ1) is 13.6. The van der Waals surface area contributed by atoms with Gasteiger partial charge in [-0.2, -0.15) is 0 Å². The van der Waals surface area contributed by atoms with Crippen LogP contribution in [0.15, 0.2) is 29.3 Å². The van der Waals surface area contributed by atoms with Gasteiger partial charge in [-0.25, -0.2) is 0 Å². The Balaban J connectivity index is 0.00000420. The van der Waals surface area contributed by atoms with Crippen LogP contribution in [0.3, 0.4) is 0 Å². The molecule has 6 nitrogen and oxygen atoms in total. The van der Waals surface area contributed by atoms with Gasteiger partial charge in [-0.1, -0.05) is 26.0 Å². The van der Waals surface area contributed by atoms with Crippen molar-refractivity contribution in [1.29, 1.82) is 0 Å². The lowest BCUT2D eigenvalue weighted by atomic mass is 9.99. The molecule has 1 fully saturated rings. The molecule has 3 N–H and O–H groups in total. The fourth-order valence-corrected chi connectivity index (χ4v) is 3.36. The summed E-state index contributed by atoms with van der Waals surface area (Å²) >= 11 is 0. The van der Waals surface area contributed by atoms with E-state index in [1.165, 1.54) is 25.9 Å². The third kappa shape index (κ3) is 9.80. The van der Waals surface area contributed by atoms with Crippen molar-refractivity contribution in [3.05, 3.63) is 35.4 Å². The lowest BCUT2D eigenvalue weighted by Gasteiger charge is -2.30. The maximum atomic E-state index is 12.1. The molecule has 0 saturated carbocycles. The van der Waals surface area contributed by atoms with Gasteiger partial charge in [0, 0.05) is 32.2 Å². The third-order valence-corrected chi connectivity index (χ3v) is 5.23. The summed E-state index contributed by atoms with van der Waals surface area (Å²) in [7, 11) is 1.79. The highest BCUT2D eigenvalue weighted by Crippen LogP contribution is 2.15. The summed E-state index contributed by atoms with van der Waals surface area (Å²) in [5, 5.41) is 9.64. The van der Waals surface area contributed by atoms with E-state index in [2.05, 4.69) is 32.8 Å². The Morgan fingerprint density at radius 1 is 1.17 bits per heavy atom. The standard InChI is InChI=1S/C22H37N5O.HI/c1-4-11-24-21(28)20-8-5-7-19(16-20)17-26-22(23-3)25-12-6-13-27-14-9-18(2)10-15-27;/h5,7-8,16,18H,4,6,9-15,17H2,1-3H3,(H,24,28)(H2,23,25,26);1H. The van der Waals surface area contributed by atoms with Crippen LogP contribution in [0.5, 0.6) is 0 Å². The molecular formula is C22H38IN5O. The van der Waals surface area contributed by atoms with Gasteiger partial charge in [-0.05, 0) is 68.9 Å². The number of piperidine rings is 1. The van der Waals surface area contributed by atoms with Crippen molar-refractivity contribution in [2.45, 2.75) is 46.1 Å². The summed E-state index contributed by atoms with van der Waals surface area (Å²) in [6.45, 7) is 10.3. The van der Waals surface area contributed by atoms with Crippen LogP contribution in [0.1, 0.15) is 55.5 Å². The topological polar surface area (TPSA) is 68.8 Å². The zero-order chi connectivity index (χ0) is 20.2. The number of nitrogens with one attached hydrogen (secondary N) is 3. The first-order valence-corrected chi connectivity index (χ1v) is 10.7. The van der Waals surface area contributed by atoms with E-state index in [-0.39, 0.29) is 29.9 Å². The smallest absolute Gasteiger partial charge is 0.251 e. The number of carbonyl (C=O) groups excluding carboxylic acids is 1. The minimum absolute atomic E-state index is 0. The van der Waals surface area contributed by atoms with Crippen molar-refractivity contribution in [2.75, 3.05) is 39.8 Å². The van der Waals surface area contributed by atoms with E-state index in [4.69, 9.17) is 0 Å². The Bertz CT molecular complexity index is 629. The number of hydrogen-bond acceptors (Lipinski definition) is 3. The molecule has 1 heterocycles. The molecule has 1 aliphatic heterocycles.